The summed E-state index contributed by atoms with van der Waals surface area (Å²) in [5, 5.41) is 1.20. The number of fused-ring (bicyclic) bond motifs is 1. The highest BCUT2D eigenvalue weighted by atomic mass is 14.7. The summed E-state index contributed by atoms with van der Waals surface area (Å²) in [6.45, 7) is 4.29. The number of pyridine rings is 1. The summed E-state index contributed by atoms with van der Waals surface area (Å²) in [6, 6.07) is 19.2. The van der Waals surface area contributed by atoms with Crippen molar-refractivity contribution < 1.29 is 0 Å². The van der Waals surface area contributed by atoms with Crippen LogP contribution in [-0.2, 0) is 6.42 Å². The van der Waals surface area contributed by atoms with Crippen molar-refractivity contribution in [3.63, 3.8) is 0 Å². The van der Waals surface area contributed by atoms with E-state index in [1.54, 1.807) is 0 Å². The van der Waals surface area contributed by atoms with Crippen LogP contribution < -0.4 is 0 Å². The minimum atomic E-state index is 0.896. The van der Waals surface area contributed by atoms with Crippen LogP contribution in [0.4, 0.5) is 0 Å². The van der Waals surface area contributed by atoms with Crippen molar-refractivity contribution >= 4 is 10.9 Å². The monoisotopic (exact) mass is 247 g/mol. The van der Waals surface area contributed by atoms with Crippen LogP contribution >= 0.6 is 0 Å². The summed E-state index contributed by atoms with van der Waals surface area (Å²) in [7, 11) is 0. The number of benzene rings is 2. The Balaban J connectivity index is 1.96. The quantitative estimate of drug-likeness (QED) is 0.652. The van der Waals surface area contributed by atoms with Gasteiger partial charge in [-0.3, -0.25) is 4.98 Å². The van der Waals surface area contributed by atoms with Crippen molar-refractivity contribution in [2.45, 2.75) is 20.3 Å². The van der Waals surface area contributed by atoms with Gasteiger partial charge in [0, 0.05) is 17.5 Å². The van der Waals surface area contributed by atoms with E-state index in [0.717, 1.165) is 17.6 Å². The first-order chi connectivity index (χ1) is 9.20. The first kappa shape index (κ1) is 11.9. The number of nitrogens with zero attached hydrogens (tertiary/aromatic N) is 1. The Morgan fingerprint density at radius 3 is 2.37 bits per heavy atom. The number of hydrogen-bond acceptors (Lipinski definition) is 1. The Kier molecular flexibility index (Phi) is 3.04. The van der Waals surface area contributed by atoms with Crippen LogP contribution in [0.5, 0.6) is 0 Å². The predicted octanol–water partition coefficient (Wildman–Crippen LogP) is 4.44. The van der Waals surface area contributed by atoms with Crippen molar-refractivity contribution in [3.05, 3.63) is 77.0 Å². The van der Waals surface area contributed by atoms with E-state index in [1.807, 2.05) is 12.1 Å². The lowest BCUT2D eigenvalue weighted by Gasteiger charge is -2.06. The number of aromatic nitrogens is 1. The van der Waals surface area contributed by atoms with Gasteiger partial charge in [-0.15, -0.1) is 0 Å². The second-order valence-corrected chi connectivity index (χ2v) is 5.17. The van der Waals surface area contributed by atoms with Crippen LogP contribution in [0, 0.1) is 13.8 Å². The minimum absolute atomic E-state index is 0.896. The Bertz CT molecular complexity index is 708. The fourth-order valence-electron chi connectivity index (χ4n) is 2.59. The molecule has 0 unspecified atom stereocenters. The summed E-state index contributed by atoms with van der Waals surface area (Å²) in [5.41, 5.74) is 6.17. The summed E-state index contributed by atoms with van der Waals surface area (Å²) in [5.74, 6) is 0. The molecule has 3 aromatic rings. The van der Waals surface area contributed by atoms with Crippen molar-refractivity contribution in [2.75, 3.05) is 0 Å². The van der Waals surface area contributed by atoms with Crippen molar-refractivity contribution in [1.82, 2.24) is 4.98 Å². The molecule has 0 saturated carbocycles. The second kappa shape index (κ2) is 4.85. The molecular weight excluding hydrogens is 230 g/mol. The molecule has 0 fully saturated rings. The predicted molar refractivity (Wildman–Crippen MR) is 80.5 cm³/mol. The maximum absolute atomic E-state index is 4.73. The van der Waals surface area contributed by atoms with Gasteiger partial charge in [-0.2, -0.15) is 0 Å². The fourth-order valence-corrected chi connectivity index (χ4v) is 2.59. The lowest BCUT2D eigenvalue weighted by atomic mass is 10.0. The number of hydrogen-bond donors (Lipinski definition) is 0. The molecule has 19 heavy (non-hydrogen) atoms. The molecule has 0 bridgehead atoms. The van der Waals surface area contributed by atoms with Gasteiger partial charge in [0.2, 0.25) is 0 Å². The SMILES string of the molecule is Cc1cc(C)cc(Cc2ccc3ccccc3n2)c1. The van der Waals surface area contributed by atoms with Crippen molar-refractivity contribution in [2.24, 2.45) is 0 Å². The van der Waals surface area contributed by atoms with E-state index < -0.39 is 0 Å². The largest absolute Gasteiger partial charge is 0.252 e. The second-order valence-electron chi connectivity index (χ2n) is 5.17. The topological polar surface area (TPSA) is 12.9 Å². The van der Waals surface area contributed by atoms with E-state index in [2.05, 4.69) is 56.3 Å². The van der Waals surface area contributed by atoms with E-state index >= 15 is 0 Å². The fraction of sp³-hybridized carbons (Fsp3) is 0.167. The molecule has 2 aromatic carbocycles. The average molecular weight is 247 g/mol. The van der Waals surface area contributed by atoms with Crippen molar-refractivity contribution in [1.29, 1.82) is 0 Å². The first-order valence-electron chi connectivity index (χ1n) is 6.62. The molecule has 0 radical (unpaired) electrons. The van der Waals surface area contributed by atoms with Crippen LogP contribution in [0.2, 0.25) is 0 Å². The highest BCUT2D eigenvalue weighted by Crippen LogP contribution is 2.16. The molecule has 0 N–H and O–H groups in total. The lowest BCUT2D eigenvalue weighted by Crippen LogP contribution is -1.94. The normalized spacial score (nSPS) is 10.8. The minimum Gasteiger partial charge on any atom is -0.252 e. The summed E-state index contributed by atoms with van der Waals surface area (Å²) in [4.78, 5) is 4.73. The smallest absolute Gasteiger partial charge is 0.0705 e. The Morgan fingerprint density at radius 1 is 0.842 bits per heavy atom. The maximum atomic E-state index is 4.73. The molecule has 0 aliphatic rings. The molecule has 0 aliphatic heterocycles. The number of aryl methyl sites for hydroxylation is 2. The molecule has 3 rings (SSSR count). The van der Waals surface area contributed by atoms with Gasteiger partial charge in [-0.05, 0) is 31.5 Å². The van der Waals surface area contributed by atoms with Crippen LogP contribution in [-0.4, -0.2) is 4.98 Å². The molecule has 0 amide bonds. The maximum Gasteiger partial charge on any atom is 0.0705 e. The van der Waals surface area contributed by atoms with Crippen LogP contribution in [0.3, 0.4) is 0 Å². The Labute approximate surface area is 113 Å². The van der Waals surface area contributed by atoms with Crippen molar-refractivity contribution in [3.8, 4) is 0 Å². The third-order valence-electron chi connectivity index (χ3n) is 3.32. The highest BCUT2D eigenvalue weighted by Gasteiger charge is 2.01. The summed E-state index contributed by atoms with van der Waals surface area (Å²) < 4.78 is 0. The summed E-state index contributed by atoms with van der Waals surface area (Å²) in [6.07, 6.45) is 0.896. The van der Waals surface area contributed by atoms with Gasteiger partial charge in [-0.1, -0.05) is 53.6 Å². The van der Waals surface area contributed by atoms with Gasteiger partial charge in [0.25, 0.3) is 0 Å². The highest BCUT2D eigenvalue weighted by molar-refractivity contribution is 5.78. The van der Waals surface area contributed by atoms with Gasteiger partial charge >= 0.3 is 0 Å². The molecule has 1 heteroatoms. The van der Waals surface area contributed by atoms with Crippen LogP contribution in [0.15, 0.2) is 54.6 Å². The van der Waals surface area contributed by atoms with E-state index in [-0.39, 0.29) is 0 Å². The van der Waals surface area contributed by atoms with E-state index in [4.69, 9.17) is 4.98 Å². The third kappa shape index (κ3) is 2.65. The Morgan fingerprint density at radius 2 is 1.58 bits per heavy atom. The molecule has 1 nitrogen and oxygen atoms in total. The molecule has 0 atom stereocenters. The van der Waals surface area contributed by atoms with Crippen LogP contribution in [0.1, 0.15) is 22.4 Å². The number of rotatable bonds is 2. The standard InChI is InChI=1S/C18H17N/c1-13-9-14(2)11-15(10-13)12-17-8-7-16-5-3-4-6-18(16)19-17/h3-11H,12H2,1-2H3. The van der Waals surface area contributed by atoms with Gasteiger partial charge < -0.3 is 0 Å². The van der Waals surface area contributed by atoms with Gasteiger partial charge in [-0.25, -0.2) is 0 Å². The zero-order chi connectivity index (χ0) is 13.2. The number of para-hydroxylation sites is 1. The van der Waals surface area contributed by atoms with Crippen LogP contribution in [0.25, 0.3) is 10.9 Å². The zero-order valence-electron chi connectivity index (χ0n) is 11.4. The third-order valence-corrected chi connectivity index (χ3v) is 3.32. The molecule has 0 saturated heterocycles. The van der Waals surface area contributed by atoms with E-state index in [0.29, 0.717) is 0 Å². The van der Waals surface area contributed by atoms with E-state index in [9.17, 15) is 0 Å². The van der Waals surface area contributed by atoms with E-state index in [1.165, 1.54) is 22.1 Å². The van der Waals surface area contributed by atoms with Gasteiger partial charge in [0.1, 0.15) is 0 Å². The average Bonchev–Trinajstić information content (AvgIpc) is 2.37. The Hall–Kier alpha value is -2.15. The van der Waals surface area contributed by atoms with Gasteiger partial charge in [0.15, 0.2) is 0 Å². The molecule has 94 valence electrons. The zero-order valence-corrected chi connectivity index (χ0v) is 11.4. The molecule has 0 spiro atoms. The first-order valence-corrected chi connectivity index (χ1v) is 6.62. The van der Waals surface area contributed by atoms with Gasteiger partial charge in [0.05, 0.1) is 5.52 Å². The lowest BCUT2D eigenvalue weighted by molar-refractivity contribution is 1.09. The molecule has 1 aromatic heterocycles. The molecule has 1 heterocycles. The summed E-state index contributed by atoms with van der Waals surface area (Å²) >= 11 is 0. The molecular formula is C18H17N. The molecule has 0 aliphatic carbocycles.